The molecule has 4 nitrogen and oxygen atoms in total. The first-order chi connectivity index (χ1) is 13.6. The van der Waals surface area contributed by atoms with Gasteiger partial charge in [-0.2, -0.15) is 0 Å². The average molecular weight is 463 g/mol. The van der Waals surface area contributed by atoms with E-state index < -0.39 is 0 Å². The monoisotopic (exact) mass is 461 g/mol. The number of nitrogens with zero attached hydrogens (tertiary/aromatic N) is 3. The number of halogens is 2. The summed E-state index contributed by atoms with van der Waals surface area (Å²) in [7, 11) is 0. The lowest BCUT2D eigenvalue weighted by Gasteiger charge is -2.36. The summed E-state index contributed by atoms with van der Waals surface area (Å²) in [5.74, 6) is 0.251. The van der Waals surface area contributed by atoms with Gasteiger partial charge >= 0.3 is 0 Å². The lowest BCUT2D eigenvalue weighted by atomic mass is 10.0. The maximum atomic E-state index is 12.4. The third-order valence-electron chi connectivity index (χ3n) is 5.64. The standard InChI is InChI=1S/C22H25BrClN3O/c23-18-6-7-21-17(15-18)5-8-22(28)27(21)10-2-9-25-11-13-26(14-12-25)20-4-1-3-19(24)16-20/h1,3-4,6-7,15-16H,2,5,8-14H2. The third-order valence-corrected chi connectivity index (χ3v) is 6.37. The van der Waals surface area contributed by atoms with Crippen molar-refractivity contribution in [3.63, 3.8) is 0 Å². The molecule has 148 valence electrons. The Balaban J connectivity index is 1.28. The summed E-state index contributed by atoms with van der Waals surface area (Å²) in [5.41, 5.74) is 3.56. The van der Waals surface area contributed by atoms with Crippen molar-refractivity contribution in [2.75, 3.05) is 49.1 Å². The molecule has 2 aromatic carbocycles. The number of hydrogen-bond donors (Lipinski definition) is 0. The Bertz CT molecular complexity index is 851. The van der Waals surface area contributed by atoms with Crippen LogP contribution in [0.4, 0.5) is 11.4 Å². The van der Waals surface area contributed by atoms with Gasteiger partial charge in [0.25, 0.3) is 0 Å². The van der Waals surface area contributed by atoms with Gasteiger partial charge in [0.05, 0.1) is 0 Å². The van der Waals surface area contributed by atoms with Crippen LogP contribution in [0, 0.1) is 0 Å². The van der Waals surface area contributed by atoms with Crippen LogP contribution in [-0.4, -0.2) is 50.1 Å². The zero-order chi connectivity index (χ0) is 19.5. The fourth-order valence-corrected chi connectivity index (χ4v) is 4.72. The first-order valence-electron chi connectivity index (χ1n) is 9.92. The zero-order valence-electron chi connectivity index (χ0n) is 15.9. The van der Waals surface area contributed by atoms with Gasteiger partial charge < -0.3 is 9.80 Å². The Labute approximate surface area is 180 Å². The molecule has 0 aliphatic carbocycles. The van der Waals surface area contributed by atoms with Crippen LogP contribution in [-0.2, 0) is 11.2 Å². The predicted octanol–water partition coefficient (Wildman–Crippen LogP) is 4.59. The molecule has 0 N–H and O–H groups in total. The fourth-order valence-electron chi connectivity index (χ4n) is 4.13. The second-order valence-corrected chi connectivity index (χ2v) is 8.83. The van der Waals surface area contributed by atoms with Crippen molar-refractivity contribution in [2.24, 2.45) is 0 Å². The molecule has 0 radical (unpaired) electrons. The Morgan fingerprint density at radius 1 is 0.964 bits per heavy atom. The molecule has 0 aromatic heterocycles. The molecular weight excluding hydrogens is 438 g/mol. The number of rotatable bonds is 5. The van der Waals surface area contributed by atoms with Crippen LogP contribution in [0.15, 0.2) is 46.9 Å². The molecule has 4 rings (SSSR count). The minimum atomic E-state index is 0.251. The Kier molecular flexibility index (Phi) is 6.24. The average Bonchev–Trinajstić information content (AvgIpc) is 2.70. The maximum Gasteiger partial charge on any atom is 0.227 e. The Morgan fingerprint density at radius 2 is 1.79 bits per heavy atom. The summed E-state index contributed by atoms with van der Waals surface area (Å²) >= 11 is 9.65. The molecule has 0 bridgehead atoms. The van der Waals surface area contributed by atoms with Gasteiger partial charge in [-0.3, -0.25) is 9.69 Å². The Morgan fingerprint density at radius 3 is 2.57 bits per heavy atom. The molecule has 2 heterocycles. The van der Waals surface area contributed by atoms with Crippen molar-refractivity contribution in [3.05, 3.63) is 57.5 Å². The quantitative estimate of drug-likeness (QED) is 0.650. The van der Waals surface area contributed by atoms with Gasteiger partial charge in [-0.1, -0.05) is 33.6 Å². The van der Waals surface area contributed by atoms with E-state index in [2.05, 4.69) is 43.9 Å². The molecule has 1 amide bonds. The summed E-state index contributed by atoms with van der Waals surface area (Å²) in [4.78, 5) is 19.3. The van der Waals surface area contributed by atoms with Crippen molar-refractivity contribution >= 4 is 44.8 Å². The molecule has 0 spiro atoms. The summed E-state index contributed by atoms with van der Waals surface area (Å²) in [6, 6.07) is 14.3. The highest BCUT2D eigenvalue weighted by Gasteiger charge is 2.24. The normalized spacial score (nSPS) is 17.7. The first kappa shape index (κ1) is 19.7. The summed E-state index contributed by atoms with van der Waals surface area (Å²) < 4.78 is 1.08. The smallest absolute Gasteiger partial charge is 0.227 e. The van der Waals surface area contributed by atoms with Crippen LogP contribution >= 0.6 is 27.5 Å². The van der Waals surface area contributed by atoms with Gasteiger partial charge in [0, 0.05) is 60.0 Å². The second-order valence-electron chi connectivity index (χ2n) is 7.48. The minimum absolute atomic E-state index is 0.251. The molecule has 1 saturated heterocycles. The summed E-state index contributed by atoms with van der Waals surface area (Å²) in [6.07, 6.45) is 2.45. The molecular formula is C22H25BrClN3O. The number of amides is 1. The van der Waals surface area contributed by atoms with Crippen LogP contribution in [0.3, 0.4) is 0 Å². The zero-order valence-corrected chi connectivity index (χ0v) is 18.3. The summed E-state index contributed by atoms with van der Waals surface area (Å²) in [6.45, 7) is 5.94. The highest BCUT2D eigenvalue weighted by atomic mass is 79.9. The fraction of sp³-hybridized carbons (Fsp3) is 0.409. The van der Waals surface area contributed by atoms with Crippen LogP contribution in [0.5, 0.6) is 0 Å². The maximum absolute atomic E-state index is 12.4. The van der Waals surface area contributed by atoms with Crippen molar-refractivity contribution in [1.29, 1.82) is 0 Å². The van der Waals surface area contributed by atoms with Crippen LogP contribution in [0.2, 0.25) is 5.02 Å². The van der Waals surface area contributed by atoms with Crippen molar-refractivity contribution < 1.29 is 4.79 Å². The van der Waals surface area contributed by atoms with Crippen LogP contribution in [0.25, 0.3) is 0 Å². The molecule has 0 saturated carbocycles. The van der Waals surface area contributed by atoms with Gasteiger partial charge in [0.15, 0.2) is 0 Å². The summed E-state index contributed by atoms with van der Waals surface area (Å²) in [5, 5.41) is 0.790. The topological polar surface area (TPSA) is 26.8 Å². The number of fused-ring (bicyclic) bond motifs is 1. The van der Waals surface area contributed by atoms with E-state index in [1.54, 1.807) is 0 Å². The molecule has 6 heteroatoms. The second kappa shape index (κ2) is 8.85. The van der Waals surface area contributed by atoms with E-state index in [4.69, 9.17) is 11.6 Å². The molecule has 0 atom stereocenters. The van der Waals surface area contributed by atoms with Gasteiger partial charge in [-0.05, 0) is 61.3 Å². The van der Waals surface area contributed by atoms with Crippen molar-refractivity contribution in [2.45, 2.75) is 19.3 Å². The first-order valence-corrected chi connectivity index (χ1v) is 11.1. The molecule has 1 fully saturated rings. The highest BCUT2D eigenvalue weighted by Crippen LogP contribution is 2.30. The van der Waals surface area contributed by atoms with E-state index in [0.717, 1.165) is 67.3 Å². The largest absolute Gasteiger partial charge is 0.369 e. The number of aryl methyl sites for hydroxylation is 1. The lowest BCUT2D eigenvalue weighted by molar-refractivity contribution is -0.118. The molecule has 0 unspecified atom stereocenters. The minimum Gasteiger partial charge on any atom is -0.369 e. The molecule has 2 aromatic rings. The van der Waals surface area contributed by atoms with Crippen LogP contribution < -0.4 is 9.80 Å². The van der Waals surface area contributed by atoms with Gasteiger partial charge in [-0.15, -0.1) is 0 Å². The predicted molar refractivity (Wildman–Crippen MR) is 120 cm³/mol. The van der Waals surface area contributed by atoms with E-state index >= 15 is 0 Å². The van der Waals surface area contributed by atoms with Crippen molar-refractivity contribution in [1.82, 2.24) is 4.90 Å². The number of carbonyl (C=O) groups excluding carboxylic acids is 1. The Hall–Kier alpha value is -1.56. The van der Waals surface area contributed by atoms with E-state index in [1.807, 2.05) is 29.2 Å². The third kappa shape index (κ3) is 4.53. The van der Waals surface area contributed by atoms with E-state index in [-0.39, 0.29) is 5.91 Å². The highest BCUT2D eigenvalue weighted by molar-refractivity contribution is 9.10. The van der Waals surface area contributed by atoms with Gasteiger partial charge in [0.1, 0.15) is 0 Å². The van der Waals surface area contributed by atoms with Gasteiger partial charge in [0.2, 0.25) is 5.91 Å². The lowest BCUT2D eigenvalue weighted by Crippen LogP contribution is -2.47. The number of benzene rings is 2. The molecule has 2 aliphatic rings. The van der Waals surface area contributed by atoms with Gasteiger partial charge in [-0.25, -0.2) is 0 Å². The number of hydrogen-bond acceptors (Lipinski definition) is 3. The molecule has 2 aliphatic heterocycles. The van der Waals surface area contributed by atoms with Crippen LogP contribution in [0.1, 0.15) is 18.4 Å². The van der Waals surface area contributed by atoms with E-state index in [0.29, 0.717) is 6.42 Å². The van der Waals surface area contributed by atoms with E-state index in [1.165, 1.54) is 11.3 Å². The molecule has 28 heavy (non-hydrogen) atoms. The number of piperazine rings is 1. The SMILES string of the molecule is O=C1CCc2cc(Br)ccc2N1CCCN1CCN(c2cccc(Cl)c2)CC1. The van der Waals surface area contributed by atoms with E-state index in [9.17, 15) is 4.79 Å². The number of carbonyl (C=O) groups is 1. The van der Waals surface area contributed by atoms with Crippen molar-refractivity contribution in [3.8, 4) is 0 Å². The number of anilines is 2.